The lowest BCUT2D eigenvalue weighted by Crippen LogP contribution is -2.47. The molecule has 2 aromatic rings. The molecule has 2 aromatic heterocycles. The van der Waals surface area contributed by atoms with Gasteiger partial charge in [0.05, 0.1) is 5.56 Å². The summed E-state index contributed by atoms with van der Waals surface area (Å²) >= 11 is 1.62. The van der Waals surface area contributed by atoms with Crippen LogP contribution in [0.4, 0.5) is 5.95 Å². The van der Waals surface area contributed by atoms with E-state index in [-0.39, 0.29) is 11.7 Å². The number of aryl methyl sites for hydroxylation is 2. The lowest BCUT2D eigenvalue weighted by atomic mass is 10.0. The fourth-order valence-electron chi connectivity index (χ4n) is 4.60. The first kappa shape index (κ1) is 21.9. The molecular formula is C23H31N5O2S. The van der Waals surface area contributed by atoms with Crippen molar-refractivity contribution in [1.82, 2.24) is 19.8 Å². The molecule has 0 N–H and O–H groups in total. The third-order valence-electron chi connectivity index (χ3n) is 6.20. The number of carbonyl (C=O) groups excluding carboxylic acids is 2. The van der Waals surface area contributed by atoms with Crippen molar-refractivity contribution in [2.45, 2.75) is 39.5 Å². The highest BCUT2D eigenvalue weighted by Crippen LogP contribution is 2.32. The summed E-state index contributed by atoms with van der Waals surface area (Å²) in [6.07, 6.45) is 7.50. The van der Waals surface area contributed by atoms with E-state index in [0.717, 1.165) is 87.2 Å². The fraction of sp³-hybridized carbons (Fsp3) is 0.565. The van der Waals surface area contributed by atoms with E-state index < -0.39 is 0 Å². The number of fused-ring (bicyclic) bond motifs is 1. The van der Waals surface area contributed by atoms with Crippen molar-refractivity contribution >= 4 is 29.0 Å². The van der Waals surface area contributed by atoms with Crippen LogP contribution in [0.5, 0.6) is 0 Å². The van der Waals surface area contributed by atoms with E-state index in [9.17, 15) is 9.59 Å². The number of piperazine rings is 1. The number of hydrogen-bond donors (Lipinski definition) is 0. The Morgan fingerprint density at radius 3 is 2.48 bits per heavy atom. The standard InChI is InChI=1S/C23H31N5O2S/c1-17(29)20-18(2)31-19-7-5-12-27(22(30)21(19)20)11-4-3-10-26-13-15-28(16-14-26)23-24-8-6-9-25-23/h6,8-9H,3-5,7,10-16H2,1-2H3. The Bertz CT molecular complexity index is 922. The van der Waals surface area contributed by atoms with E-state index in [2.05, 4.69) is 19.8 Å². The summed E-state index contributed by atoms with van der Waals surface area (Å²) in [5, 5.41) is 0. The van der Waals surface area contributed by atoms with Gasteiger partial charge in [0.1, 0.15) is 0 Å². The first-order valence-electron chi connectivity index (χ1n) is 11.2. The Labute approximate surface area is 188 Å². The van der Waals surface area contributed by atoms with Crippen molar-refractivity contribution < 1.29 is 9.59 Å². The highest BCUT2D eigenvalue weighted by molar-refractivity contribution is 7.12. The van der Waals surface area contributed by atoms with Crippen molar-refractivity contribution in [3.63, 3.8) is 0 Å². The molecule has 166 valence electrons. The van der Waals surface area contributed by atoms with E-state index in [0.29, 0.717) is 11.1 Å². The molecule has 4 rings (SSSR count). The van der Waals surface area contributed by atoms with Gasteiger partial charge in [0.2, 0.25) is 5.95 Å². The normalized spacial score (nSPS) is 17.5. The number of amides is 1. The maximum atomic E-state index is 13.2. The molecule has 0 spiro atoms. The highest BCUT2D eigenvalue weighted by Gasteiger charge is 2.30. The van der Waals surface area contributed by atoms with Gasteiger partial charge in [-0.3, -0.25) is 14.5 Å². The molecule has 0 saturated carbocycles. The summed E-state index contributed by atoms with van der Waals surface area (Å²) in [4.78, 5) is 42.8. The van der Waals surface area contributed by atoms with Crippen LogP contribution in [-0.2, 0) is 6.42 Å². The summed E-state index contributed by atoms with van der Waals surface area (Å²) < 4.78 is 0. The molecule has 1 saturated heterocycles. The van der Waals surface area contributed by atoms with Gasteiger partial charge in [-0.1, -0.05) is 0 Å². The predicted molar refractivity (Wildman–Crippen MR) is 123 cm³/mol. The topological polar surface area (TPSA) is 69.6 Å². The first-order valence-corrected chi connectivity index (χ1v) is 12.0. The quantitative estimate of drug-likeness (QED) is 0.486. The summed E-state index contributed by atoms with van der Waals surface area (Å²) in [7, 11) is 0. The lowest BCUT2D eigenvalue weighted by molar-refractivity contribution is 0.0752. The van der Waals surface area contributed by atoms with Crippen molar-refractivity contribution in [2.24, 2.45) is 0 Å². The van der Waals surface area contributed by atoms with Gasteiger partial charge < -0.3 is 9.80 Å². The first-order chi connectivity index (χ1) is 15.0. The molecule has 31 heavy (non-hydrogen) atoms. The number of hydrogen-bond acceptors (Lipinski definition) is 7. The van der Waals surface area contributed by atoms with E-state index in [1.54, 1.807) is 30.7 Å². The van der Waals surface area contributed by atoms with Gasteiger partial charge in [0.15, 0.2) is 5.78 Å². The number of ketones is 1. The molecule has 1 amide bonds. The number of anilines is 1. The van der Waals surface area contributed by atoms with Crippen molar-refractivity contribution in [2.75, 3.05) is 50.7 Å². The van der Waals surface area contributed by atoms with Gasteiger partial charge in [0, 0.05) is 67.0 Å². The molecule has 0 bridgehead atoms. The Kier molecular flexibility index (Phi) is 6.97. The van der Waals surface area contributed by atoms with E-state index in [4.69, 9.17) is 0 Å². The molecule has 2 aliphatic heterocycles. The minimum atomic E-state index is 0.00486. The van der Waals surface area contributed by atoms with Gasteiger partial charge in [-0.05, 0) is 52.1 Å². The van der Waals surface area contributed by atoms with Gasteiger partial charge in [-0.15, -0.1) is 11.3 Å². The van der Waals surface area contributed by atoms with Crippen LogP contribution in [0.2, 0.25) is 0 Å². The zero-order chi connectivity index (χ0) is 21.8. The molecule has 0 aromatic carbocycles. The monoisotopic (exact) mass is 441 g/mol. The molecular weight excluding hydrogens is 410 g/mol. The predicted octanol–water partition coefficient (Wildman–Crippen LogP) is 3.04. The minimum absolute atomic E-state index is 0.00486. The molecule has 8 heteroatoms. The molecule has 0 atom stereocenters. The number of carbonyl (C=O) groups is 2. The molecule has 4 heterocycles. The molecule has 1 fully saturated rings. The summed E-state index contributed by atoms with van der Waals surface area (Å²) in [5.41, 5.74) is 1.34. The maximum Gasteiger partial charge on any atom is 0.255 e. The smallest absolute Gasteiger partial charge is 0.255 e. The Hall–Kier alpha value is -2.32. The van der Waals surface area contributed by atoms with Crippen LogP contribution >= 0.6 is 11.3 Å². The van der Waals surface area contributed by atoms with Gasteiger partial charge in [-0.2, -0.15) is 0 Å². The number of thiophene rings is 1. The zero-order valence-electron chi connectivity index (χ0n) is 18.5. The van der Waals surface area contributed by atoms with Crippen LogP contribution < -0.4 is 4.90 Å². The molecule has 2 aliphatic rings. The fourth-order valence-corrected chi connectivity index (χ4v) is 5.85. The number of Topliss-reactive ketones (excluding diaryl/α,β-unsaturated/α-hetero) is 1. The summed E-state index contributed by atoms with van der Waals surface area (Å²) in [5.74, 6) is 0.874. The van der Waals surface area contributed by atoms with Gasteiger partial charge in [-0.25, -0.2) is 9.97 Å². The Balaban J connectivity index is 1.25. The number of nitrogens with zero attached hydrogens (tertiary/aromatic N) is 5. The molecule has 0 radical (unpaired) electrons. The average molecular weight is 442 g/mol. The van der Waals surface area contributed by atoms with Crippen LogP contribution in [0.1, 0.15) is 56.7 Å². The van der Waals surface area contributed by atoms with Crippen molar-refractivity contribution in [3.05, 3.63) is 39.3 Å². The molecule has 0 unspecified atom stereocenters. The van der Waals surface area contributed by atoms with Crippen molar-refractivity contribution in [3.8, 4) is 0 Å². The van der Waals surface area contributed by atoms with Crippen LogP contribution in [-0.4, -0.2) is 77.3 Å². The van der Waals surface area contributed by atoms with Gasteiger partial charge in [0.25, 0.3) is 5.91 Å². The Morgan fingerprint density at radius 1 is 1.06 bits per heavy atom. The van der Waals surface area contributed by atoms with Crippen molar-refractivity contribution in [1.29, 1.82) is 0 Å². The van der Waals surface area contributed by atoms with E-state index in [1.165, 1.54) is 0 Å². The van der Waals surface area contributed by atoms with E-state index in [1.807, 2.05) is 17.9 Å². The summed E-state index contributed by atoms with van der Waals surface area (Å²) in [6, 6.07) is 1.84. The molecule has 0 aliphatic carbocycles. The number of rotatable bonds is 7. The third-order valence-corrected chi connectivity index (χ3v) is 7.37. The Morgan fingerprint density at radius 2 is 1.77 bits per heavy atom. The second-order valence-electron chi connectivity index (χ2n) is 8.37. The average Bonchev–Trinajstić information content (AvgIpc) is 3.04. The second-order valence-corrected chi connectivity index (χ2v) is 9.68. The summed E-state index contributed by atoms with van der Waals surface area (Å²) in [6.45, 7) is 10.0. The minimum Gasteiger partial charge on any atom is -0.339 e. The maximum absolute atomic E-state index is 13.2. The van der Waals surface area contributed by atoms with Crippen LogP contribution in [0.3, 0.4) is 0 Å². The van der Waals surface area contributed by atoms with Crippen LogP contribution in [0.15, 0.2) is 18.5 Å². The number of aromatic nitrogens is 2. The van der Waals surface area contributed by atoms with Crippen LogP contribution in [0.25, 0.3) is 0 Å². The lowest BCUT2D eigenvalue weighted by Gasteiger charge is -2.34. The van der Waals surface area contributed by atoms with Gasteiger partial charge >= 0.3 is 0 Å². The largest absolute Gasteiger partial charge is 0.339 e. The third kappa shape index (κ3) is 4.96. The highest BCUT2D eigenvalue weighted by atomic mass is 32.1. The number of unbranched alkanes of at least 4 members (excludes halogenated alkanes) is 1. The van der Waals surface area contributed by atoms with E-state index >= 15 is 0 Å². The SMILES string of the molecule is CC(=O)c1c(C)sc2c1C(=O)N(CCCCN1CCN(c3ncccn3)CC1)CCC2. The second kappa shape index (κ2) is 9.87. The molecule has 7 nitrogen and oxygen atoms in total. The zero-order valence-corrected chi connectivity index (χ0v) is 19.3. The van der Waals surface area contributed by atoms with Crippen LogP contribution in [0, 0.1) is 6.92 Å².